The molecule has 34 heavy (non-hydrogen) atoms. The van der Waals surface area contributed by atoms with Gasteiger partial charge in [0.25, 0.3) is 15.9 Å². The predicted octanol–water partition coefficient (Wildman–Crippen LogP) is 5.24. The second kappa shape index (κ2) is 9.46. The summed E-state index contributed by atoms with van der Waals surface area (Å²) in [6, 6.07) is 16.0. The number of carbonyl (C=O) groups excluding carboxylic acids is 1. The molecule has 0 radical (unpaired) electrons. The summed E-state index contributed by atoms with van der Waals surface area (Å²) in [6.45, 7) is 3.63. The second-order valence-electron chi connectivity index (χ2n) is 7.48. The van der Waals surface area contributed by atoms with Gasteiger partial charge in [-0.2, -0.15) is 5.10 Å². The molecule has 0 aliphatic carbocycles. The maximum Gasteiger partial charge on any atom is 0.274 e. The standard InChI is InChI=1S/C23H19Cl2N5O3S/c1-14-5-8-17(9-6-14)34(32,33)29-16-7-10-19(15(2)12-16)27-23(31)20-13-21(25)28-30(20)22-18(24)4-3-11-26-22/h3-13,29H,1-2H3,(H,27,31). The Hall–Kier alpha value is -3.40. The van der Waals surface area contributed by atoms with Crippen LogP contribution < -0.4 is 10.0 Å². The highest BCUT2D eigenvalue weighted by atomic mass is 35.5. The molecular formula is C23H19Cl2N5O3S. The topological polar surface area (TPSA) is 106 Å². The van der Waals surface area contributed by atoms with Gasteiger partial charge in [0.2, 0.25) is 0 Å². The number of aromatic nitrogens is 3. The lowest BCUT2D eigenvalue weighted by Crippen LogP contribution is -2.18. The van der Waals surface area contributed by atoms with E-state index in [1.54, 1.807) is 61.5 Å². The Balaban J connectivity index is 1.56. The van der Waals surface area contributed by atoms with Crippen molar-refractivity contribution in [2.75, 3.05) is 10.0 Å². The van der Waals surface area contributed by atoms with Crippen molar-refractivity contribution < 1.29 is 13.2 Å². The third-order valence-corrected chi connectivity index (χ3v) is 6.79. The van der Waals surface area contributed by atoms with Gasteiger partial charge < -0.3 is 5.32 Å². The molecular weight excluding hydrogens is 497 g/mol. The zero-order valence-electron chi connectivity index (χ0n) is 18.1. The van der Waals surface area contributed by atoms with E-state index in [2.05, 4.69) is 20.1 Å². The third-order valence-electron chi connectivity index (χ3n) is 4.91. The highest BCUT2D eigenvalue weighted by Crippen LogP contribution is 2.25. The Morgan fingerprint density at radius 2 is 1.74 bits per heavy atom. The average molecular weight is 516 g/mol. The molecule has 4 rings (SSSR count). The molecule has 0 atom stereocenters. The molecule has 174 valence electrons. The fraction of sp³-hybridized carbons (Fsp3) is 0.0870. The highest BCUT2D eigenvalue weighted by molar-refractivity contribution is 7.92. The molecule has 1 amide bonds. The summed E-state index contributed by atoms with van der Waals surface area (Å²) in [5.41, 5.74) is 2.59. The van der Waals surface area contributed by atoms with Crippen LogP contribution in [-0.4, -0.2) is 29.1 Å². The number of nitrogens with one attached hydrogen (secondary N) is 2. The SMILES string of the molecule is Cc1ccc(S(=O)(=O)Nc2ccc(NC(=O)c3cc(Cl)nn3-c3ncccc3Cl)c(C)c2)cc1. The van der Waals surface area contributed by atoms with Crippen LogP contribution in [0.15, 0.2) is 71.8 Å². The van der Waals surface area contributed by atoms with E-state index in [-0.39, 0.29) is 21.6 Å². The smallest absolute Gasteiger partial charge is 0.274 e. The van der Waals surface area contributed by atoms with Gasteiger partial charge in [0.1, 0.15) is 5.69 Å². The van der Waals surface area contributed by atoms with Gasteiger partial charge in [-0.1, -0.05) is 40.9 Å². The Morgan fingerprint density at radius 3 is 2.41 bits per heavy atom. The number of nitrogens with zero attached hydrogens (tertiary/aromatic N) is 3. The second-order valence-corrected chi connectivity index (χ2v) is 9.95. The normalized spacial score (nSPS) is 11.3. The monoisotopic (exact) mass is 515 g/mol. The lowest BCUT2D eigenvalue weighted by Gasteiger charge is -2.13. The van der Waals surface area contributed by atoms with Crippen LogP contribution in [0.5, 0.6) is 0 Å². The molecule has 2 N–H and O–H groups in total. The van der Waals surface area contributed by atoms with Crippen LogP contribution in [0.4, 0.5) is 11.4 Å². The number of carbonyl (C=O) groups is 1. The number of anilines is 2. The number of aryl methyl sites for hydroxylation is 2. The number of hydrogen-bond donors (Lipinski definition) is 2. The Morgan fingerprint density at radius 1 is 1.00 bits per heavy atom. The maximum atomic E-state index is 13.0. The van der Waals surface area contributed by atoms with Crippen LogP contribution in [0.25, 0.3) is 5.82 Å². The molecule has 8 nitrogen and oxygen atoms in total. The summed E-state index contributed by atoms with van der Waals surface area (Å²) in [5, 5.41) is 7.31. The lowest BCUT2D eigenvalue weighted by molar-refractivity contribution is 0.101. The first-order valence-electron chi connectivity index (χ1n) is 10.0. The quantitative estimate of drug-likeness (QED) is 0.365. The zero-order valence-corrected chi connectivity index (χ0v) is 20.4. The molecule has 2 heterocycles. The first-order chi connectivity index (χ1) is 16.1. The maximum absolute atomic E-state index is 13.0. The summed E-state index contributed by atoms with van der Waals surface area (Å²) in [4.78, 5) is 17.3. The Labute approximate surface area is 206 Å². The molecule has 0 saturated heterocycles. The first kappa shape index (κ1) is 23.7. The molecule has 4 aromatic rings. The predicted molar refractivity (Wildman–Crippen MR) is 132 cm³/mol. The largest absolute Gasteiger partial charge is 0.320 e. The molecule has 0 bridgehead atoms. The van der Waals surface area contributed by atoms with E-state index in [1.165, 1.54) is 16.9 Å². The summed E-state index contributed by atoms with van der Waals surface area (Å²) in [6.07, 6.45) is 1.53. The average Bonchev–Trinajstić information content (AvgIpc) is 3.17. The van der Waals surface area contributed by atoms with Gasteiger partial charge in [0, 0.05) is 23.6 Å². The van der Waals surface area contributed by atoms with Gasteiger partial charge in [-0.3, -0.25) is 9.52 Å². The zero-order chi connectivity index (χ0) is 24.5. The first-order valence-corrected chi connectivity index (χ1v) is 12.3. The number of sulfonamides is 1. The van der Waals surface area contributed by atoms with Crippen LogP contribution in [0.1, 0.15) is 21.6 Å². The molecule has 0 unspecified atom stereocenters. The lowest BCUT2D eigenvalue weighted by atomic mass is 10.2. The third kappa shape index (κ3) is 5.06. The van der Waals surface area contributed by atoms with Gasteiger partial charge in [-0.25, -0.2) is 18.1 Å². The molecule has 2 aromatic heterocycles. The van der Waals surface area contributed by atoms with E-state index < -0.39 is 15.9 Å². The number of amides is 1. The molecule has 0 fully saturated rings. The Bertz CT molecular complexity index is 1480. The van der Waals surface area contributed by atoms with Gasteiger partial charge in [-0.05, 0) is 61.9 Å². The van der Waals surface area contributed by atoms with E-state index in [1.807, 2.05) is 6.92 Å². The van der Waals surface area contributed by atoms with E-state index >= 15 is 0 Å². The summed E-state index contributed by atoms with van der Waals surface area (Å²) < 4.78 is 29.1. The fourth-order valence-electron chi connectivity index (χ4n) is 3.19. The minimum atomic E-state index is -3.75. The molecule has 11 heteroatoms. The number of halogens is 2. The van der Waals surface area contributed by atoms with Crippen LogP contribution in [0.2, 0.25) is 10.2 Å². The summed E-state index contributed by atoms with van der Waals surface area (Å²) in [5.74, 6) is -0.226. The number of pyridine rings is 1. The van der Waals surface area contributed by atoms with Crippen molar-refractivity contribution in [3.63, 3.8) is 0 Å². The van der Waals surface area contributed by atoms with Crippen LogP contribution in [0, 0.1) is 13.8 Å². The minimum Gasteiger partial charge on any atom is -0.320 e. The van der Waals surface area contributed by atoms with E-state index in [4.69, 9.17) is 23.2 Å². The fourth-order valence-corrected chi connectivity index (χ4v) is 4.62. The Kier molecular flexibility index (Phi) is 6.60. The molecule has 0 saturated carbocycles. The van der Waals surface area contributed by atoms with Crippen molar-refractivity contribution in [2.45, 2.75) is 18.7 Å². The van der Waals surface area contributed by atoms with E-state index in [0.717, 1.165) is 5.56 Å². The molecule has 0 aliphatic rings. The summed E-state index contributed by atoms with van der Waals surface area (Å²) >= 11 is 12.2. The van der Waals surface area contributed by atoms with Crippen LogP contribution in [0.3, 0.4) is 0 Å². The van der Waals surface area contributed by atoms with Gasteiger partial charge >= 0.3 is 0 Å². The number of hydrogen-bond acceptors (Lipinski definition) is 5. The molecule has 0 spiro atoms. The van der Waals surface area contributed by atoms with Crippen LogP contribution >= 0.6 is 23.2 Å². The van der Waals surface area contributed by atoms with E-state index in [0.29, 0.717) is 22.0 Å². The number of benzene rings is 2. The van der Waals surface area contributed by atoms with Crippen molar-refractivity contribution in [1.29, 1.82) is 0 Å². The molecule has 2 aromatic carbocycles. The molecule has 0 aliphatic heterocycles. The van der Waals surface area contributed by atoms with Crippen molar-refractivity contribution in [3.8, 4) is 5.82 Å². The van der Waals surface area contributed by atoms with Crippen molar-refractivity contribution in [3.05, 3.63) is 93.9 Å². The number of rotatable bonds is 6. The van der Waals surface area contributed by atoms with Gasteiger partial charge in [0.05, 0.1) is 9.92 Å². The van der Waals surface area contributed by atoms with Crippen molar-refractivity contribution >= 4 is 50.5 Å². The van der Waals surface area contributed by atoms with Crippen molar-refractivity contribution in [1.82, 2.24) is 14.8 Å². The van der Waals surface area contributed by atoms with Crippen LogP contribution in [-0.2, 0) is 10.0 Å². The summed E-state index contributed by atoms with van der Waals surface area (Å²) in [7, 11) is -3.75. The van der Waals surface area contributed by atoms with Gasteiger partial charge in [-0.15, -0.1) is 0 Å². The van der Waals surface area contributed by atoms with Gasteiger partial charge in [0.15, 0.2) is 11.0 Å². The van der Waals surface area contributed by atoms with E-state index in [9.17, 15) is 13.2 Å². The minimum absolute atomic E-state index is 0.101. The highest BCUT2D eigenvalue weighted by Gasteiger charge is 2.20. The van der Waals surface area contributed by atoms with Crippen molar-refractivity contribution in [2.24, 2.45) is 0 Å².